The Morgan fingerprint density at radius 2 is 1.86 bits per heavy atom. The van der Waals surface area contributed by atoms with Crippen LogP contribution < -0.4 is 10.6 Å². The lowest BCUT2D eigenvalue weighted by Crippen LogP contribution is -2.30. The van der Waals surface area contributed by atoms with Gasteiger partial charge in [-0.1, -0.05) is 64.8 Å². The van der Waals surface area contributed by atoms with Crippen molar-refractivity contribution in [3.8, 4) is 6.07 Å². The molecule has 1 heterocycles. The molecule has 0 saturated carbocycles. The summed E-state index contributed by atoms with van der Waals surface area (Å²) in [7, 11) is 1.50. The molecule has 188 valence electrons. The third kappa shape index (κ3) is 6.75. The number of benzene rings is 2. The van der Waals surface area contributed by atoms with E-state index >= 15 is 0 Å². The molecular weight excluding hydrogens is 545 g/mol. The summed E-state index contributed by atoms with van der Waals surface area (Å²) in [5.41, 5.74) is 2.08. The second kappa shape index (κ2) is 13.0. The number of anilines is 1. The molecule has 0 saturated heterocycles. The van der Waals surface area contributed by atoms with E-state index in [2.05, 4.69) is 16.7 Å². The quantitative estimate of drug-likeness (QED) is 0.288. The molecule has 0 radical (unpaired) electrons. The zero-order valence-electron chi connectivity index (χ0n) is 19.4. The maximum atomic E-state index is 13.0. The molecule has 1 aliphatic heterocycles. The number of hydrogen-bond donors (Lipinski definition) is 2. The molecule has 0 aromatic heterocycles. The summed E-state index contributed by atoms with van der Waals surface area (Å²) >= 11 is 19.5. The van der Waals surface area contributed by atoms with Gasteiger partial charge in [0.1, 0.15) is 6.61 Å². The van der Waals surface area contributed by atoms with Gasteiger partial charge in [0, 0.05) is 23.5 Å². The van der Waals surface area contributed by atoms with Gasteiger partial charge in [-0.3, -0.25) is 4.79 Å². The minimum absolute atomic E-state index is 0.0100. The molecule has 7 nitrogen and oxygen atoms in total. The minimum Gasteiger partial charge on any atom is -0.460 e. The normalized spacial score (nSPS) is 15.3. The van der Waals surface area contributed by atoms with Crippen molar-refractivity contribution in [2.75, 3.05) is 31.4 Å². The van der Waals surface area contributed by atoms with Gasteiger partial charge in [0.05, 0.1) is 50.6 Å². The van der Waals surface area contributed by atoms with Crippen LogP contribution in [0.5, 0.6) is 0 Å². The van der Waals surface area contributed by atoms with E-state index in [9.17, 15) is 14.9 Å². The fourth-order valence-corrected chi connectivity index (χ4v) is 4.96. The number of carbonyl (C=O) groups excluding carboxylic acids is 2. The van der Waals surface area contributed by atoms with E-state index in [4.69, 9.17) is 44.3 Å². The molecule has 36 heavy (non-hydrogen) atoms. The number of allylic oxidation sites excluding steroid dienone is 2. The van der Waals surface area contributed by atoms with Gasteiger partial charge in [-0.2, -0.15) is 5.26 Å². The van der Waals surface area contributed by atoms with Crippen LogP contribution in [0.4, 0.5) is 5.69 Å². The number of esters is 1. The van der Waals surface area contributed by atoms with Crippen LogP contribution in [0.2, 0.25) is 15.1 Å². The molecular formula is C25H22Cl3N3O4S. The summed E-state index contributed by atoms with van der Waals surface area (Å²) in [6.07, 6.45) is 0. The number of nitrogens with zero attached hydrogens (tertiary/aromatic N) is 1. The van der Waals surface area contributed by atoms with Crippen LogP contribution in [0.1, 0.15) is 18.4 Å². The fraction of sp³-hybridized carbons (Fsp3) is 0.240. The number of nitriles is 1. The number of amides is 1. The highest BCUT2D eigenvalue weighted by molar-refractivity contribution is 8.03. The van der Waals surface area contributed by atoms with E-state index < -0.39 is 11.9 Å². The van der Waals surface area contributed by atoms with Crippen LogP contribution >= 0.6 is 46.6 Å². The molecule has 2 aromatic carbocycles. The molecule has 11 heteroatoms. The number of halogens is 3. The van der Waals surface area contributed by atoms with E-state index in [1.807, 2.05) is 0 Å². The van der Waals surface area contributed by atoms with Crippen molar-refractivity contribution in [2.24, 2.45) is 0 Å². The molecule has 2 aromatic rings. The Bertz CT molecular complexity index is 1270. The highest BCUT2D eigenvalue weighted by Gasteiger charge is 2.36. The lowest BCUT2D eigenvalue weighted by molar-refractivity contribution is -0.140. The molecule has 1 atom stereocenters. The van der Waals surface area contributed by atoms with Crippen molar-refractivity contribution < 1.29 is 19.1 Å². The Morgan fingerprint density at radius 3 is 2.53 bits per heavy atom. The summed E-state index contributed by atoms with van der Waals surface area (Å²) in [4.78, 5) is 25.6. The molecule has 0 spiro atoms. The summed E-state index contributed by atoms with van der Waals surface area (Å²) < 4.78 is 10.3. The summed E-state index contributed by atoms with van der Waals surface area (Å²) in [6, 6.07) is 13.9. The topological polar surface area (TPSA) is 100 Å². The number of dihydropyridines is 1. The first-order valence-corrected chi connectivity index (χ1v) is 12.8. The Hall–Kier alpha value is -2.67. The van der Waals surface area contributed by atoms with E-state index in [-0.39, 0.29) is 36.0 Å². The molecule has 3 rings (SSSR count). The smallest absolute Gasteiger partial charge is 0.336 e. The van der Waals surface area contributed by atoms with E-state index in [1.54, 1.807) is 49.4 Å². The van der Waals surface area contributed by atoms with Crippen molar-refractivity contribution in [2.45, 2.75) is 12.8 Å². The third-order valence-electron chi connectivity index (χ3n) is 5.16. The maximum absolute atomic E-state index is 13.0. The molecule has 0 bridgehead atoms. The number of hydrogen-bond acceptors (Lipinski definition) is 7. The SMILES string of the molecule is COCCOC(=O)C1=C(C)NC(SCC(=O)Nc2ccc(Cl)c(Cl)c2)=C(C#N)[C@@H]1c1ccccc1Cl. The molecule has 0 aliphatic carbocycles. The van der Waals surface area contributed by atoms with Crippen LogP contribution in [-0.4, -0.2) is 38.0 Å². The van der Waals surface area contributed by atoms with Crippen LogP contribution in [0.15, 0.2) is 64.3 Å². The lowest BCUT2D eigenvalue weighted by atomic mass is 9.82. The Labute approximate surface area is 228 Å². The fourth-order valence-electron chi connectivity index (χ4n) is 3.52. The van der Waals surface area contributed by atoms with Gasteiger partial charge >= 0.3 is 5.97 Å². The predicted octanol–water partition coefficient (Wildman–Crippen LogP) is 5.90. The first kappa shape index (κ1) is 27.9. The average molecular weight is 567 g/mol. The molecule has 1 aliphatic rings. The van der Waals surface area contributed by atoms with Crippen LogP contribution in [0, 0.1) is 11.3 Å². The lowest BCUT2D eigenvalue weighted by Gasteiger charge is -2.29. The van der Waals surface area contributed by atoms with Crippen molar-refractivity contribution in [3.63, 3.8) is 0 Å². The Balaban J connectivity index is 1.88. The van der Waals surface area contributed by atoms with Crippen molar-refractivity contribution >= 4 is 64.1 Å². The van der Waals surface area contributed by atoms with Crippen molar-refractivity contribution in [1.82, 2.24) is 5.32 Å². The largest absolute Gasteiger partial charge is 0.460 e. The predicted molar refractivity (Wildman–Crippen MR) is 143 cm³/mol. The van der Waals surface area contributed by atoms with Crippen molar-refractivity contribution in [1.29, 1.82) is 5.26 Å². The summed E-state index contributed by atoms with van der Waals surface area (Å²) in [6.45, 7) is 2.00. The van der Waals surface area contributed by atoms with Gasteiger partial charge in [0.25, 0.3) is 0 Å². The van der Waals surface area contributed by atoms with Crippen LogP contribution in [-0.2, 0) is 19.1 Å². The monoisotopic (exact) mass is 565 g/mol. The first-order chi connectivity index (χ1) is 17.3. The second-order valence-corrected chi connectivity index (χ2v) is 9.77. The van der Waals surface area contributed by atoms with Crippen LogP contribution in [0.25, 0.3) is 0 Å². The van der Waals surface area contributed by atoms with E-state index in [1.165, 1.54) is 7.11 Å². The molecule has 0 unspecified atom stereocenters. The zero-order valence-corrected chi connectivity index (χ0v) is 22.4. The Morgan fingerprint density at radius 1 is 1.11 bits per heavy atom. The second-order valence-electron chi connectivity index (χ2n) is 7.57. The van der Waals surface area contributed by atoms with Gasteiger partial charge in [-0.25, -0.2) is 4.79 Å². The minimum atomic E-state index is -0.777. The molecule has 2 N–H and O–H groups in total. The van der Waals surface area contributed by atoms with Gasteiger partial charge < -0.3 is 20.1 Å². The van der Waals surface area contributed by atoms with Crippen LogP contribution in [0.3, 0.4) is 0 Å². The average Bonchev–Trinajstić information content (AvgIpc) is 2.85. The van der Waals surface area contributed by atoms with E-state index in [0.717, 1.165) is 11.8 Å². The van der Waals surface area contributed by atoms with Gasteiger partial charge in [0.2, 0.25) is 5.91 Å². The van der Waals surface area contributed by atoms with Crippen molar-refractivity contribution in [3.05, 3.63) is 85.0 Å². The number of ether oxygens (including phenoxy) is 2. The maximum Gasteiger partial charge on any atom is 0.336 e. The number of rotatable bonds is 9. The summed E-state index contributed by atoms with van der Waals surface area (Å²) in [5.74, 6) is -1.69. The standard InChI is InChI=1S/C25H22Cl3N3O4S/c1-14-22(25(33)35-10-9-34-2)23(16-5-3-4-6-18(16)26)17(12-29)24(30-14)36-13-21(32)31-15-7-8-19(27)20(28)11-15/h3-8,11,23,30H,9-10,13H2,1-2H3,(H,31,32)/t23-/m0/s1. The highest BCUT2D eigenvalue weighted by atomic mass is 35.5. The number of methoxy groups -OCH3 is 1. The zero-order chi connectivity index (χ0) is 26.2. The molecule has 0 fully saturated rings. The third-order valence-corrected chi connectivity index (χ3v) is 7.26. The highest BCUT2D eigenvalue weighted by Crippen LogP contribution is 2.43. The van der Waals surface area contributed by atoms with E-state index in [0.29, 0.717) is 37.0 Å². The van der Waals surface area contributed by atoms with Gasteiger partial charge in [0.15, 0.2) is 0 Å². The summed E-state index contributed by atoms with van der Waals surface area (Å²) in [5, 5.41) is 17.5. The number of thioether (sulfide) groups is 1. The number of carbonyl (C=O) groups is 2. The first-order valence-electron chi connectivity index (χ1n) is 10.7. The Kier molecular flexibility index (Phi) is 10.1. The molecule has 1 amide bonds. The van der Waals surface area contributed by atoms with Gasteiger partial charge in [-0.15, -0.1) is 0 Å². The van der Waals surface area contributed by atoms with Gasteiger partial charge in [-0.05, 0) is 36.8 Å². The number of nitrogens with one attached hydrogen (secondary N) is 2.